The summed E-state index contributed by atoms with van der Waals surface area (Å²) in [6, 6.07) is 5.99. The second-order valence-electron chi connectivity index (χ2n) is 3.29. The maximum absolute atomic E-state index is 12.9. The molecule has 0 aliphatic carbocycles. The molecule has 0 radical (unpaired) electrons. The van der Waals surface area contributed by atoms with Crippen LogP contribution in [0.3, 0.4) is 0 Å². The number of rotatable bonds is 4. The van der Waals surface area contributed by atoms with Gasteiger partial charge in [0.25, 0.3) is 0 Å². The first kappa shape index (κ1) is 10.6. The molecule has 1 aromatic heterocycles. The molecule has 1 heterocycles. The summed E-state index contributed by atoms with van der Waals surface area (Å²) in [6.07, 6.45) is 3.32. The number of benzene rings is 1. The van der Waals surface area contributed by atoms with Crippen molar-refractivity contribution in [2.75, 3.05) is 7.05 Å². The van der Waals surface area contributed by atoms with Crippen LogP contribution in [-0.2, 0) is 6.67 Å². The van der Waals surface area contributed by atoms with Crippen LogP contribution in [-0.4, -0.2) is 16.8 Å². The second-order valence-corrected chi connectivity index (χ2v) is 3.29. The van der Waals surface area contributed by atoms with Gasteiger partial charge in [-0.1, -0.05) is 6.07 Å². The molecule has 0 bridgehead atoms. The highest BCUT2D eigenvalue weighted by Gasteiger charge is 2.01. The Morgan fingerprint density at radius 2 is 2.31 bits per heavy atom. The van der Waals surface area contributed by atoms with E-state index in [2.05, 4.69) is 10.4 Å². The van der Waals surface area contributed by atoms with Gasteiger partial charge in [-0.3, -0.25) is 4.68 Å². The van der Waals surface area contributed by atoms with Crippen LogP contribution in [0.2, 0.25) is 0 Å². The Hall–Kier alpha value is -1.88. The summed E-state index contributed by atoms with van der Waals surface area (Å²) >= 11 is 0. The maximum Gasteiger partial charge on any atom is 0.165 e. The summed E-state index contributed by atoms with van der Waals surface area (Å²) in [6.45, 7) is 0.604. The molecule has 0 spiro atoms. The third kappa shape index (κ3) is 2.58. The summed E-state index contributed by atoms with van der Waals surface area (Å²) in [5, 5.41) is 7.02. The van der Waals surface area contributed by atoms with Gasteiger partial charge in [0.2, 0.25) is 0 Å². The molecule has 0 atom stereocenters. The van der Waals surface area contributed by atoms with Crippen molar-refractivity contribution in [1.29, 1.82) is 0 Å². The summed E-state index contributed by atoms with van der Waals surface area (Å²) < 4.78 is 20.0. The molecule has 0 unspecified atom stereocenters. The lowest BCUT2D eigenvalue weighted by Gasteiger charge is -2.02. The van der Waals surface area contributed by atoms with E-state index < -0.39 is 0 Å². The van der Waals surface area contributed by atoms with E-state index >= 15 is 0 Å². The monoisotopic (exact) mass is 221 g/mol. The van der Waals surface area contributed by atoms with Crippen LogP contribution in [0, 0.1) is 5.82 Å². The fourth-order valence-corrected chi connectivity index (χ4v) is 1.31. The molecule has 0 aliphatic heterocycles. The zero-order chi connectivity index (χ0) is 11.4. The zero-order valence-electron chi connectivity index (χ0n) is 8.85. The topological polar surface area (TPSA) is 39.1 Å². The first-order chi connectivity index (χ1) is 7.78. The molecule has 0 amide bonds. The summed E-state index contributed by atoms with van der Waals surface area (Å²) in [5.74, 6) is 0.727. The highest BCUT2D eigenvalue weighted by Crippen LogP contribution is 2.20. The van der Waals surface area contributed by atoms with Gasteiger partial charge in [0, 0.05) is 6.07 Å². The standard InChI is InChI=1S/C11H12FN3O/c1-13-8-15-7-11(6-14-15)16-10-4-2-3-9(12)5-10/h2-7,13H,8H2,1H3. The van der Waals surface area contributed by atoms with Crippen LogP contribution >= 0.6 is 0 Å². The Balaban J connectivity index is 2.08. The van der Waals surface area contributed by atoms with E-state index in [0.29, 0.717) is 18.2 Å². The number of hydrogen-bond acceptors (Lipinski definition) is 3. The molecule has 0 saturated carbocycles. The largest absolute Gasteiger partial charge is 0.454 e. The normalized spacial score (nSPS) is 10.4. The summed E-state index contributed by atoms with van der Waals surface area (Å²) in [7, 11) is 1.83. The molecular weight excluding hydrogens is 209 g/mol. The molecule has 0 saturated heterocycles. The van der Waals surface area contributed by atoms with Gasteiger partial charge in [-0.15, -0.1) is 0 Å². The van der Waals surface area contributed by atoms with E-state index in [0.717, 1.165) is 0 Å². The van der Waals surface area contributed by atoms with Gasteiger partial charge in [0.05, 0.1) is 19.1 Å². The van der Waals surface area contributed by atoms with E-state index in [1.807, 2.05) is 7.05 Å². The SMILES string of the molecule is CNCn1cc(Oc2cccc(F)c2)cn1. The van der Waals surface area contributed by atoms with E-state index in [-0.39, 0.29) is 5.82 Å². The fraction of sp³-hybridized carbons (Fsp3) is 0.182. The predicted octanol–water partition coefficient (Wildman–Crippen LogP) is 1.99. The smallest absolute Gasteiger partial charge is 0.165 e. The molecule has 0 aliphatic rings. The Labute approximate surface area is 92.7 Å². The Bertz CT molecular complexity index is 470. The first-order valence-corrected chi connectivity index (χ1v) is 4.88. The van der Waals surface area contributed by atoms with Gasteiger partial charge < -0.3 is 10.1 Å². The van der Waals surface area contributed by atoms with Crippen LogP contribution in [0.4, 0.5) is 4.39 Å². The minimum atomic E-state index is -0.319. The minimum absolute atomic E-state index is 0.319. The summed E-state index contributed by atoms with van der Waals surface area (Å²) in [5.41, 5.74) is 0. The van der Waals surface area contributed by atoms with Gasteiger partial charge in [0.1, 0.15) is 11.6 Å². The van der Waals surface area contributed by atoms with Gasteiger partial charge >= 0.3 is 0 Å². The van der Waals surface area contributed by atoms with Crippen molar-refractivity contribution in [2.45, 2.75) is 6.67 Å². The Morgan fingerprint density at radius 1 is 1.44 bits per heavy atom. The van der Waals surface area contributed by atoms with Gasteiger partial charge in [-0.25, -0.2) is 4.39 Å². The van der Waals surface area contributed by atoms with E-state index in [1.54, 1.807) is 29.2 Å². The van der Waals surface area contributed by atoms with Crippen LogP contribution in [0.25, 0.3) is 0 Å². The van der Waals surface area contributed by atoms with Crippen LogP contribution in [0.1, 0.15) is 0 Å². The maximum atomic E-state index is 12.9. The molecule has 16 heavy (non-hydrogen) atoms. The lowest BCUT2D eigenvalue weighted by molar-refractivity contribution is 0.474. The average molecular weight is 221 g/mol. The number of nitrogens with zero attached hydrogens (tertiary/aromatic N) is 2. The number of halogens is 1. The molecule has 4 nitrogen and oxygen atoms in total. The molecule has 1 aromatic carbocycles. The highest BCUT2D eigenvalue weighted by atomic mass is 19.1. The molecule has 1 N–H and O–H groups in total. The molecular formula is C11H12FN3O. The third-order valence-corrected chi connectivity index (χ3v) is 1.96. The summed E-state index contributed by atoms with van der Waals surface area (Å²) in [4.78, 5) is 0. The number of ether oxygens (including phenoxy) is 1. The quantitative estimate of drug-likeness (QED) is 0.858. The molecule has 84 valence electrons. The number of nitrogens with one attached hydrogen (secondary N) is 1. The van der Waals surface area contributed by atoms with Crippen molar-refractivity contribution in [3.63, 3.8) is 0 Å². The van der Waals surface area contributed by atoms with Crippen molar-refractivity contribution in [3.8, 4) is 11.5 Å². The average Bonchev–Trinajstić information content (AvgIpc) is 2.66. The minimum Gasteiger partial charge on any atom is -0.454 e. The van der Waals surface area contributed by atoms with E-state index in [1.165, 1.54) is 12.1 Å². The van der Waals surface area contributed by atoms with E-state index in [9.17, 15) is 4.39 Å². The second kappa shape index (κ2) is 4.76. The van der Waals surface area contributed by atoms with Crippen molar-refractivity contribution in [2.24, 2.45) is 0 Å². The molecule has 5 heteroatoms. The van der Waals surface area contributed by atoms with Crippen molar-refractivity contribution < 1.29 is 9.13 Å². The van der Waals surface area contributed by atoms with Crippen molar-refractivity contribution in [3.05, 3.63) is 42.5 Å². The number of hydrogen-bond donors (Lipinski definition) is 1. The van der Waals surface area contributed by atoms with Gasteiger partial charge in [0.15, 0.2) is 5.75 Å². The van der Waals surface area contributed by atoms with E-state index in [4.69, 9.17) is 4.74 Å². The predicted molar refractivity (Wildman–Crippen MR) is 57.8 cm³/mol. The lowest BCUT2D eigenvalue weighted by atomic mass is 10.3. The van der Waals surface area contributed by atoms with Gasteiger partial charge in [-0.2, -0.15) is 5.10 Å². The first-order valence-electron chi connectivity index (χ1n) is 4.88. The Morgan fingerprint density at radius 3 is 3.06 bits per heavy atom. The zero-order valence-corrected chi connectivity index (χ0v) is 8.85. The fourth-order valence-electron chi connectivity index (χ4n) is 1.31. The van der Waals surface area contributed by atoms with Crippen LogP contribution in [0.15, 0.2) is 36.7 Å². The third-order valence-electron chi connectivity index (χ3n) is 1.96. The van der Waals surface area contributed by atoms with Crippen molar-refractivity contribution >= 4 is 0 Å². The van der Waals surface area contributed by atoms with Gasteiger partial charge in [-0.05, 0) is 19.2 Å². The molecule has 0 fully saturated rings. The van der Waals surface area contributed by atoms with Crippen LogP contribution < -0.4 is 10.1 Å². The number of aromatic nitrogens is 2. The lowest BCUT2D eigenvalue weighted by Crippen LogP contribution is -2.12. The molecule has 2 aromatic rings. The Kier molecular flexibility index (Phi) is 3.16. The van der Waals surface area contributed by atoms with Crippen LogP contribution in [0.5, 0.6) is 11.5 Å². The molecule has 2 rings (SSSR count). The van der Waals surface area contributed by atoms with Crippen molar-refractivity contribution in [1.82, 2.24) is 15.1 Å². The highest BCUT2D eigenvalue weighted by molar-refractivity contribution is 5.28.